The Morgan fingerprint density at radius 1 is 1.18 bits per heavy atom. The highest BCUT2D eigenvalue weighted by Crippen LogP contribution is 2.34. The number of thiazole rings is 1. The molecule has 0 saturated carbocycles. The van der Waals surface area contributed by atoms with Gasteiger partial charge in [0.25, 0.3) is 0 Å². The highest BCUT2D eigenvalue weighted by atomic mass is 79.9. The van der Waals surface area contributed by atoms with E-state index in [0.29, 0.717) is 5.01 Å². The Hall–Kier alpha value is -2.39. The molecular formula is C19H12BrF3NO3S-. The van der Waals surface area contributed by atoms with Gasteiger partial charge in [-0.1, -0.05) is 34.1 Å². The van der Waals surface area contributed by atoms with E-state index >= 15 is 0 Å². The third kappa shape index (κ3) is 4.90. The second-order valence-corrected chi connectivity index (χ2v) is 7.59. The lowest BCUT2D eigenvalue weighted by molar-refractivity contribution is -0.255. The zero-order chi connectivity index (χ0) is 20.3. The molecule has 28 heavy (non-hydrogen) atoms. The Kier molecular flexibility index (Phi) is 6.04. The van der Waals surface area contributed by atoms with E-state index in [-0.39, 0.29) is 30.0 Å². The number of hydrogen-bond acceptors (Lipinski definition) is 5. The van der Waals surface area contributed by atoms with E-state index in [0.717, 1.165) is 33.5 Å². The van der Waals surface area contributed by atoms with Crippen LogP contribution >= 0.6 is 27.3 Å². The van der Waals surface area contributed by atoms with E-state index < -0.39 is 17.7 Å². The summed E-state index contributed by atoms with van der Waals surface area (Å²) in [5.74, 6) is -1.16. The summed E-state index contributed by atoms with van der Waals surface area (Å²) in [5, 5.41) is 12.5. The van der Waals surface area contributed by atoms with Crippen molar-refractivity contribution in [3.8, 4) is 5.75 Å². The smallest absolute Gasteiger partial charge is 0.416 e. The number of aromatic carboxylic acids is 1. The molecule has 0 N–H and O–H groups in total. The number of ether oxygens (including phenoxy) is 1. The number of halogens is 4. The van der Waals surface area contributed by atoms with Crippen LogP contribution in [-0.4, -0.2) is 11.0 Å². The van der Waals surface area contributed by atoms with Crippen molar-refractivity contribution >= 4 is 33.2 Å². The minimum atomic E-state index is -4.51. The van der Waals surface area contributed by atoms with Crippen LogP contribution in [0, 0.1) is 0 Å². The van der Waals surface area contributed by atoms with E-state index in [2.05, 4.69) is 20.9 Å². The summed E-state index contributed by atoms with van der Waals surface area (Å²) in [6.07, 6.45) is -4.50. The third-order valence-corrected chi connectivity index (χ3v) is 5.45. The van der Waals surface area contributed by atoms with Gasteiger partial charge in [-0.25, -0.2) is 4.98 Å². The average molecular weight is 471 g/mol. The molecule has 0 spiro atoms. The lowest BCUT2D eigenvalue weighted by Gasteiger charge is -2.15. The van der Waals surface area contributed by atoms with Crippen LogP contribution in [0.1, 0.15) is 32.2 Å². The van der Waals surface area contributed by atoms with Gasteiger partial charge in [-0.2, -0.15) is 13.2 Å². The van der Waals surface area contributed by atoms with Gasteiger partial charge in [0.05, 0.1) is 22.2 Å². The lowest BCUT2D eigenvalue weighted by atomic mass is 10.1. The molecule has 3 aromatic rings. The maximum Gasteiger partial charge on any atom is 0.416 e. The number of carbonyl (C=O) groups excluding carboxylic acids is 1. The summed E-state index contributed by atoms with van der Waals surface area (Å²) in [6.45, 7) is 0.155. The van der Waals surface area contributed by atoms with Crippen LogP contribution < -0.4 is 9.84 Å². The molecule has 0 aliphatic carbocycles. The molecule has 3 rings (SSSR count). The molecule has 0 radical (unpaired) electrons. The average Bonchev–Trinajstić information content (AvgIpc) is 3.10. The first-order valence-electron chi connectivity index (χ1n) is 7.96. The first kappa shape index (κ1) is 20.3. The topological polar surface area (TPSA) is 62.2 Å². The molecule has 0 unspecified atom stereocenters. The molecule has 9 heteroatoms. The van der Waals surface area contributed by atoms with Crippen LogP contribution in [0.5, 0.6) is 5.75 Å². The van der Waals surface area contributed by atoms with Gasteiger partial charge in [-0.15, -0.1) is 11.3 Å². The minimum absolute atomic E-state index is 0.00710. The van der Waals surface area contributed by atoms with Crippen LogP contribution in [0.2, 0.25) is 0 Å². The number of carboxylic acids is 1. The van der Waals surface area contributed by atoms with Gasteiger partial charge >= 0.3 is 6.18 Å². The van der Waals surface area contributed by atoms with Crippen LogP contribution in [0.3, 0.4) is 0 Å². The largest absolute Gasteiger partial charge is 0.543 e. The van der Waals surface area contributed by atoms with Gasteiger partial charge in [0, 0.05) is 27.4 Å². The fourth-order valence-corrected chi connectivity index (χ4v) is 3.64. The standard InChI is InChI=1S/C19H13BrF3NO3S/c20-14-4-2-1-3-11(14)9-27-16-6-5-13(19(21,22)23)7-12(16)8-17-24-15(10-28-17)18(25)26/h1-7,10H,8-9H2,(H,25,26)/p-1. The molecule has 0 atom stereocenters. The van der Waals surface area contributed by atoms with Crippen molar-refractivity contribution in [1.29, 1.82) is 0 Å². The number of carboxylic acid groups (broad SMARTS) is 1. The van der Waals surface area contributed by atoms with Crippen molar-refractivity contribution in [3.05, 3.63) is 79.7 Å². The van der Waals surface area contributed by atoms with E-state index in [1.165, 1.54) is 11.4 Å². The van der Waals surface area contributed by atoms with Crippen LogP contribution in [-0.2, 0) is 19.2 Å². The van der Waals surface area contributed by atoms with E-state index in [4.69, 9.17) is 4.74 Å². The van der Waals surface area contributed by atoms with Crippen LogP contribution in [0.4, 0.5) is 13.2 Å². The van der Waals surface area contributed by atoms with Gasteiger partial charge in [0.15, 0.2) is 0 Å². The molecule has 146 valence electrons. The lowest BCUT2D eigenvalue weighted by Crippen LogP contribution is -2.22. The predicted molar refractivity (Wildman–Crippen MR) is 99.2 cm³/mol. The Labute approximate surface area is 170 Å². The SMILES string of the molecule is O=C([O-])c1csc(Cc2cc(C(F)(F)F)ccc2OCc2ccccc2Br)n1. The van der Waals surface area contributed by atoms with E-state index in [1.807, 2.05) is 24.3 Å². The summed E-state index contributed by atoms with van der Waals surface area (Å²) in [5.41, 5.74) is 0.0399. The maximum atomic E-state index is 13.1. The number of alkyl halides is 3. The summed E-state index contributed by atoms with van der Waals surface area (Å²) in [4.78, 5) is 14.7. The first-order valence-corrected chi connectivity index (χ1v) is 9.63. The second-order valence-electron chi connectivity index (χ2n) is 5.79. The Balaban J connectivity index is 1.89. The van der Waals surface area contributed by atoms with Crippen LogP contribution in [0.15, 0.2) is 52.3 Å². The maximum absolute atomic E-state index is 13.1. The van der Waals surface area contributed by atoms with Gasteiger partial charge in [-0.3, -0.25) is 0 Å². The van der Waals surface area contributed by atoms with Crippen molar-refractivity contribution in [2.24, 2.45) is 0 Å². The monoisotopic (exact) mass is 470 g/mol. The highest BCUT2D eigenvalue weighted by molar-refractivity contribution is 9.10. The summed E-state index contributed by atoms with van der Waals surface area (Å²) in [7, 11) is 0. The molecule has 0 fully saturated rings. The fraction of sp³-hybridized carbons (Fsp3) is 0.158. The number of hydrogen-bond donors (Lipinski definition) is 0. The molecule has 0 aliphatic heterocycles. The van der Waals surface area contributed by atoms with Gasteiger partial charge in [-0.05, 0) is 24.3 Å². The third-order valence-electron chi connectivity index (χ3n) is 3.83. The quantitative estimate of drug-likeness (QED) is 0.533. The molecular weight excluding hydrogens is 459 g/mol. The van der Waals surface area contributed by atoms with Crippen LogP contribution in [0.25, 0.3) is 0 Å². The number of rotatable bonds is 6. The van der Waals surface area contributed by atoms with Crippen molar-refractivity contribution in [2.45, 2.75) is 19.2 Å². The number of nitrogens with zero attached hydrogens (tertiary/aromatic N) is 1. The van der Waals surface area contributed by atoms with E-state index in [9.17, 15) is 23.1 Å². The van der Waals surface area contributed by atoms with Crippen molar-refractivity contribution in [3.63, 3.8) is 0 Å². The summed E-state index contributed by atoms with van der Waals surface area (Å²) in [6, 6.07) is 10.6. The predicted octanol–water partition coefficient (Wildman–Crippen LogP) is 4.46. The van der Waals surface area contributed by atoms with E-state index in [1.54, 1.807) is 0 Å². The Morgan fingerprint density at radius 2 is 1.93 bits per heavy atom. The molecule has 4 nitrogen and oxygen atoms in total. The summed E-state index contributed by atoms with van der Waals surface area (Å²) >= 11 is 4.43. The molecule has 2 aromatic carbocycles. The van der Waals surface area contributed by atoms with Gasteiger partial charge < -0.3 is 14.6 Å². The highest BCUT2D eigenvalue weighted by Gasteiger charge is 2.31. The van der Waals surface area contributed by atoms with Gasteiger partial charge in [0.2, 0.25) is 0 Å². The Bertz CT molecular complexity index is 1000. The van der Waals surface area contributed by atoms with Crippen molar-refractivity contribution in [2.75, 3.05) is 0 Å². The van der Waals surface area contributed by atoms with Gasteiger partial charge in [0.1, 0.15) is 12.4 Å². The summed E-state index contributed by atoms with van der Waals surface area (Å²) < 4.78 is 45.9. The first-order chi connectivity index (χ1) is 13.2. The number of aromatic nitrogens is 1. The Morgan fingerprint density at radius 3 is 2.57 bits per heavy atom. The fourth-order valence-electron chi connectivity index (χ4n) is 2.45. The molecule has 0 amide bonds. The second kappa shape index (κ2) is 8.32. The number of carbonyl (C=O) groups is 1. The van der Waals surface area contributed by atoms with Crippen molar-refractivity contribution in [1.82, 2.24) is 4.98 Å². The zero-order valence-electron chi connectivity index (χ0n) is 14.1. The zero-order valence-corrected chi connectivity index (χ0v) is 16.5. The molecule has 0 aliphatic rings. The molecule has 1 aromatic heterocycles. The van der Waals surface area contributed by atoms with Crippen molar-refractivity contribution < 1.29 is 27.8 Å². The molecule has 1 heterocycles. The normalized spacial score (nSPS) is 11.4. The minimum Gasteiger partial charge on any atom is -0.543 e. The number of benzene rings is 2. The molecule has 0 saturated heterocycles. The molecule has 0 bridgehead atoms.